The predicted molar refractivity (Wildman–Crippen MR) is 47.5 cm³/mol. The van der Waals surface area contributed by atoms with Crippen LogP contribution in [0, 0.1) is 0 Å². The summed E-state index contributed by atoms with van der Waals surface area (Å²) in [6.07, 6.45) is -6.03. The van der Waals surface area contributed by atoms with E-state index in [-0.39, 0.29) is 4.88 Å². The van der Waals surface area contributed by atoms with E-state index in [4.69, 9.17) is 5.11 Å². The van der Waals surface area contributed by atoms with Gasteiger partial charge in [0.15, 0.2) is 11.2 Å². The van der Waals surface area contributed by atoms with Gasteiger partial charge in [0.05, 0.1) is 4.88 Å². The molecule has 1 rings (SSSR count). The Hall–Kier alpha value is -0.820. The van der Waals surface area contributed by atoms with Gasteiger partial charge >= 0.3 is 6.18 Å². The van der Waals surface area contributed by atoms with E-state index >= 15 is 0 Å². The van der Waals surface area contributed by atoms with Crippen molar-refractivity contribution in [3.8, 4) is 0 Å². The normalized spacial score (nSPS) is 14.1. The summed E-state index contributed by atoms with van der Waals surface area (Å²) in [4.78, 5) is 5.12. The molecular weight excluding hydrogens is 217 g/mol. The van der Waals surface area contributed by atoms with E-state index in [1.807, 2.05) is 0 Å². The Morgan fingerprint density at radius 2 is 2.07 bits per heavy atom. The van der Waals surface area contributed by atoms with Crippen LogP contribution in [0.2, 0.25) is 0 Å². The maximum absolute atomic E-state index is 12.1. The number of aliphatic hydroxyl groups excluding tert-OH is 1. The van der Waals surface area contributed by atoms with E-state index < -0.39 is 12.3 Å². The third-order valence-corrected chi connectivity index (χ3v) is 2.69. The van der Waals surface area contributed by atoms with Crippen molar-refractivity contribution in [1.82, 2.24) is 4.98 Å². The van der Waals surface area contributed by atoms with Crippen LogP contribution in [0.15, 0.2) is 6.20 Å². The Balaban J connectivity index is 2.87. The summed E-state index contributed by atoms with van der Waals surface area (Å²) in [6, 6.07) is 0. The van der Waals surface area contributed by atoms with Crippen molar-refractivity contribution in [3.05, 3.63) is 11.1 Å². The van der Waals surface area contributed by atoms with E-state index in [9.17, 15) is 13.2 Å². The van der Waals surface area contributed by atoms with Crippen LogP contribution in [0.25, 0.3) is 0 Å². The lowest BCUT2D eigenvalue weighted by Gasteiger charge is -2.11. The molecule has 1 unspecified atom stereocenters. The fourth-order valence-corrected chi connectivity index (χ4v) is 1.62. The molecule has 0 aliphatic carbocycles. The average Bonchev–Trinajstić information content (AvgIpc) is 2.48. The van der Waals surface area contributed by atoms with Gasteiger partial charge in [-0.05, 0) is 0 Å². The molecule has 0 aliphatic rings. The highest BCUT2D eigenvalue weighted by Gasteiger charge is 2.40. The van der Waals surface area contributed by atoms with Gasteiger partial charge in [0.2, 0.25) is 0 Å². The van der Waals surface area contributed by atoms with Crippen LogP contribution in [0.4, 0.5) is 18.3 Å². The Bertz CT molecular complexity index is 310. The van der Waals surface area contributed by atoms with Gasteiger partial charge in [-0.3, -0.25) is 0 Å². The van der Waals surface area contributed by atoms with Crippen molar-refractivity contribution in [2.45, 2.75) is 12.3 Å². The number of thiazole rings is 1. The monoisotopic (exact) mass is 226 g/mol. The topological polar surface area (TPSA) is 36.4 Å². The van der Waals surface area contributed by atoms with Crippen LogP contribution in [-0.4, -0.2) is 30.4 Å². The number of hydrogen-bond donors (Lipinski definition) is 1. The Labute approximate surface area is 82.8 Å². The lowest BCUT2D eigenvalue weighted by Crippen LogP contribution is -2.19. The molecule has 3 nitrogen and oxygen atoms in total. The summed E-state index contributed by atoms with van der Waals surface area (Å²) < 4.78 is 36.2. The molecule has 14 heavy (non-hydrogen) atoms. The molecule has 0 aromatic carbocycles. The highest BCUT2D eigenvalue weighted by atomic mass is 32.1. The van der Waals surface area contributed by atoms with Crippen LogP contribution in [0.5, 0.6) is 0 Å². The number of aliphatic hydroxyl groups is 1. The average molecular weight is 226 g/mol. The summed E-state index contributed by atoms with van der Waals surface area (Å²) >= 11 is 0.821. The number of alkyl halides is 3. The summed E-state index contributed by atoms with van der Waals surface area (Å²) in [5.41, 5.74) is 0. The number of aromatic nitrogens is 1. The summed E-state index contributed by atoms with van der Waals surface area (Å²) in [5, 5.41) is 9.31. The molecule has 1 aromatic rings. The zero-order valence-corrected chi connectivity index (χ0v) is 8.35. The third-order valence-electron chi connectivity index (χ3n) is 1.47. The largest absolute Gasteiger partial charge is 0.419 e. The zero-order chi connectivity index (χ0) is 10.9. The maximum atomic E-state index is 12.1. The molecule has 0 bridgehead atoms. The molecule has 0 spiro atoms. The van der Waals surface area contributed by atoms with E-state index in [1.165, 1.54) is 0 Å². The number of nitrogens with zero attached hydrogens (tertiary/aromatic N) is 2. The molecule has 7 heteroatoms. The van der Waals surface area contributed by atoms with Crippen LogP contribution in [0.3, 0.4) is 0 Å². The fraction of sp³-hybridized carbons (Fsp3) is 0.571. The van der Waals surface area contributed by atoms with E-state index in [0.717, 1.165) is 17.5 Å². The third kappa shape index (κ3) is 2.36. The van der Waals surface area contributed by atoms with Crippen molar-refractivity contribution in [3.63, 3.8) is 0 Å². The number of hydrogen-bond acceptors (Lipinski definition) is 4. The second kappa shape index (κ2) is 3.74. The van der Waals surface area contributed by atoms with Gasteiger partial charge in [-0.25, -0.2) is 4.98 Å². The second-order valence-electron chi connectivity index (χ2n) is 2.88. The van der Waals surface area contributed by atoms with Crippen molar-refractivity contribution in [2.75, 3.05) is 19.0 Å². The first-order valence-corrected chi connectivity index (χ1v) is 4.52. The molecule has 1 heterocycles. The van der Waals surface area contributed by atoms with Gasteiger partial charge in [-0.15, -0.1) is 0 Å². The highest BCUT2D eigenvalue weighted by Crippen LogP contribution is 2.36. The lowest BCUT2D eigenvalue weighted by molar-refractivity contribution is -0.205. The Kier molecular flexibility index (Phi) is 3.01. The minimum absolute atomic E-state index is 0.193. The first-order chi connectivity index (χ1) is 6.32. The molecule has 0 aliphatic heterocycles. The lowest BCUT2D eigenvalue weighted by atomic mass is 10.3. The van der Waals surface area contributed by atoms with Crippen molar-refractivity contribution in [2.24, 2.45) is 0 Å². The number of anilines is 1. The highest BCUT2D eigenvalue weighted by molar-refractivity contribution is 7.15. The minimum atomic E-state index is -4.63. The van der Waals surface area contributed by atoms with E-state index in [1.54, 1.807) is 19.0 Å². The SMILES string of the molecule is CN(C)c1ncc(C(O)C(F)(F)F)s1. The quantitative estimate of drug-likeness (QED) is 0.835. The van der Waals surface area contributed by atoms with E-state index in [0.29, 0.717) is 5.13 Å². The van der Waals surface area contributed by atoms with Gasteiger partial charge < -0.3 is 10.0 Å². The molecule has 0 radical (unpaired) electrons. The Morgan fingerprint density at radius 3 is 2.43 bits per heavy atom. The maximum Gasteiger partial charge on any atom is 0.419 e. The Morgan fingerprint density at radius 1 is 1.50 bits per heavy atom. The molecular formula is C7H9F3N2OS. The number of halogens is 3. The van der Waals surface area contributed by atoms with Crippen LogP contribution < -0.4 is 4.90 Å². The molecule has 1 aromatic heterocycles. The fourth-order valence-electron chi connectivity index (χ4n) is 0.771. The van der Waals surface area contributed by atoms with Gasteiger partial charge in [-0.2, -0.15) is 13.2 Å². The molecule has 0 amide bonds. The van der Waals surface area contributed by atoms with Crippen molar-refractivity contribution in [1.29, 1.82) is 0 Å². The van der Waals surface area contributed by atoms with Gasteiger partial charge in [-0.1, -0.05) is 11.3 Å². The molecule has 80 valence electrons. The molecule has 0 saturated heterocycles. The first kappa shape index (κ1) is 11.3. The molecule has 0 fully saturated rings. The van der Waals surface area contributed by atoms with Crippen LogP contribution >= 0.6 is 11.3 Å². The zero-order valence-electron chi connectivity index (χ0n) is 7.54. The summed E-state index contributed by atoms with van der Waals surface area (Å²) in [6.45, 7) is 0. The van der Waals surface area contributed by atoms with Gasteiger partial charge in [0, 0.05) is 20.3 Å². The standard InChI is InChI=1S/C7H9F3N2OS/c1-12(2)6-11-3-4(14-6)5(13)7(8,9)10/h3,5,13H,1-2H3. The van der Waals surface area contributed by atoms with Gasteiger partial charge in [0.1, 0.15) is 0 Å². The van der Waals surface area contributed by atoms with Crippen molar-refractivity contribution < 1.29 is 18.3 Å². The van der Waals surface area contributed by atoms with E-state index in [2.05, 4.69) is 4.98 Å². The smallest absolute Gasteiger partial charge is 0.379 e. The summed E-state index contributed by atoms with van der Waals surface area (Å²) in [7, 11) is 3.34. The second-order valence-corrected chi connectivity index (χ2v) is 3.92. The first-order valence-electron chi connectivity index (χ1n) is 3.70. The minimum Gasteiger partial charge on any atom is -0.379 e. The molecule has 1 atom stereocenters. The number of rotatable bonds is 2. The predicted octanol–water partition coefficient (Wildman–Crippen LogP) is 1.80. The molecule has 0 saturated carbocycles. The van der Waals surface area contributed by atoms with Crippen LogP contribution in [-0.2, 0) is 0 Å². The van der Waals surface area contributed by atoms with Gasteiger partial charge in [0.25, 0.3) is 0 Å². The summed E-state index contributed by atoms with van der Waals surface area (Å²) in [5.74, 6) is 0. The van der Waals surface area contributed by atoms with Crippen molar-refractivity contribution >= 4 is 16.5 Å². The molecule has 1 N–H and O–H groups in total. The van der Waals surface area contributed by atoms with Crippen LogP contribution in [0.1, 0.15) is 11.0 Å².